The van der Waals surface area contributed by atoms with Crippen LogP contribution in [0.15, 0.2) is 42.6 Å². The zero-order chi connectivity index (χ0) is 13.0. The number of benzene rings is 1. The fourth-order valence-electron chi connectivity index (χ4n) is 1.81. The lowest BCUT2D eigenvalue weighted by Crippen LogP contribution is -2.22. The molecule has 2 aromatic rings. The summed E-state index contributed by atoms with van der Waals surface area (Å²) in [4.78, 5) is 18.0. The van der Waals surface area contributed by atoms with Gasteiger partial charge in [0.05, 0.1) is 12.7 Å². The number of pyridine rings is 1. The van der Waals surface area contributed by atoms with Gasteiger partial charge in [0, 0.05) is 17.3 Å². The number of hydrogen-bond acceptors (Lipinski definition) is 3. The largest absolute Gasteiger partial charge is 0.302 e. The normalized spacial score (nSPS) is 10.6. The lowest BCUT2D eigenvalue weighted by molar-refractivity contribution is 0.0958. The van der Waals surface area contributed by atoms with Gasteiger partial charge in [0.25, 0.3) is 0 Å². The number of hydrogen-bond donors (Lipinski definition) is 0. The van der Waals surface area contributed by atoms with Gasteiger partial charge in [0.15, 0.2) is 5.78 Å². The fraction of sp³-hybridized carbons (Fsp3) is 0.200. The van der Waals surface area contributed by atoms with Crippen LogP contribution in [0.25, 0.3) is 11.1 Å². The number of carbonyl (C=O) groups is 1. The van der Waals surface area contributed by atoms with Gasteiger partial charge in [-0.1, -0.05) is 30.3 Å². The lowest BCUT2D eigenvalue weighted by Gasteiger charge is -2.11. The van der Waals surface area contributed by atoms with Crippen LogP contribution in [0, 0.1) is 6.20 Å². The van der Waals surface area contributed by atoms with Gasteiger partial charge >= 0.3 is 0 Å². The Kier molecular flexibility index (Phi) is 3.85. The van der Waals surface area contributed by atoms with Crippen molar-refractivity contribution in [2.24, 2.45) is 0 Å². The Morgan fingerprint density at radius 2 is 2.00 bits per heavy atom. The predicted molar refractivity (Wildman–Crippen MR) is 71.4 cm³/mol. The summed E-state index contributed by atoms with van der Waals surface area (Å²) in [5.41, 5.74) is 2.45. The second-order valence-electron chi connectivity index (χ2n) is 4.37. The molecule has 2 rings (SSSR count). The topological polar surface area (TPSA) is 33.2 Å². The summed E-state index contributed by atoms with van der Waals surface area (Å²) in [6.45, 7) is 0.400. The van der Waals surface area contributed by atoms with Gasteiger partial charge in [-0.25, -0.2) is 0 Å². The van der Waals surface area contributed by atoms with E-state index < -0.39 is 0 Å². The molecule has 0 bridgehead atoms. The highest BCUT2D eigenvalue weighted by Gasteiger charge is 2.12. The Labute approximate surface area is 107 Å². The summed E-state index contributed by atoms with van der Waals surface area (Å²) in [5, 5.41) is 0. The first-order valence-corrected chi connectivity index (χ1v) is 5.78. The molecule has 1 aromatic carbocycles. The van der Waals surface area contributed by atoms with Crippen LogP contribution in [0.2, 0.25) is 0 Å². The SMILES string of the molecule is CN(C)CC(=O)c1ccccc1-c1[c]nccc1. The van der Waals surface area contributed by atoms with Crippen LogP contribution in [0.5, 0.6) is 0 Å². The Balaban J connectivity index is 2.41. The molecule has 0 spiro atoms. The molecule has 1 radical (unpaired) electrons. The molecule has 0 saturated heterocycles. The molecule has 0 aliphatic heterocycles. The molecular formula is C15H15N2O. The van der Waals surface area contributed by atoms with Gasteiger partial charge < -0.3 is 4.90 Å². The van der Waals surface area contributed by atoms with Crippen molar-refractivity contribution in [3.63, 3.8) is 0 Å². The van der Waals surface area contributed by atoms with E-state index in [4.69, 9.17) is 0 Å². The third-order valence-corrected chi connectivity index (χ3v) is 2.59. The summed E-state index contributed by atoms with van der Waals surface area (Å²) >= 11 is 0. The van der Waals surface area contributed by atoms with Crippen LogP contribution in [0.1, 0.15) is 10.4 Å². The van der Waals surface area contributed by atoms with E-state index in [0.717, 1.165) is 16.7 Å². The summed E-state index contributed by atoms with van der Waals surface area (Å²) in [6, 6.07) is 11.3. The Morgan fingerprint density at radius 1 is 1.22 bits per heavy atom. The molecule has 0 fully saturated rings. The average Bonchev–Trinajstić information content (AvgIpc) is 2.39. The first-order valence-electron chi connectivity index (χ1n) is 5.78. The molecule has 0 aliphatic rings. The monoisotopic (exact) mass is 239 g/mol. The Morgan fingerprint density at radius 3 is 2.67 bits per heavy atom. The maximum absolute atomic E-state index is 12.2. The van der Waals surface area contributed by atoms with Crippen LogP contribution in [-0.4, -0.2) is 36.3 Å². The highest BCUT2D eigenvalue weighted by atomic mass is 16.1. The molecular weight excluding hydrogens is 224 g/mol. The summed E-state index contributed by atoms with van der Waals surface area (Å²) in [7, 11) is 3.77. The third kappa shape index (κ3) is 2.81. The molecule has 3 heteroatoms. The van der Waals surface area contributed by atoms with Crippen molar-refractivity contribution in [3.8, 4) is 11.1 Å². The van der Waals surface area contributed by atoms with Crippen molar-refractivity contribution in [2.45, 2.75) is 0 Å². The van der Waals surface area contributed by atoms with Gasteiger partial charge in [0.1, 0.15) is 0 Å². The van der Waals surface area contributed by atoms with Crippen molar-refractivity contribution < 1.29 is 4.79 Å². The molecule has 0 aliphatic carbocycles. The second kappa shape index (κ2) is 5.56. The van der Waals surface area contributed by atoms with Crippen LogP contribution in [-0.2, 0) is 0 Å². The van der Waals surface area contributed by atoms with Crippen molar-refractivity contribution in [1.82, 2.24) is 9.88 Å². The number of Topliss-reactive ketones (excluding diaryl/α,β-unsaturated/α-hetero) is 1. The maximum atomic E-state index is 12.2. The average molecular weight is 239 g/mol. The molecule has 0 amide bonds. The Hall–Kier alpha value is -2.00. The maximum Gasteiger partial charge on any atom is 0.177 e. The van der Waals surface area contributed by atoms with Gasteiger partial charge in [-0.15, -0.1) is 0 Å². The first-order chi connectivity index (χ1) is 8.68. The van der Waals surface area contributed by atoms with E-state index in [9.17, 15) is 4.79 Å². The van der Waals surface area contributed by atoms with Crippen molar-refractivity contribution in [3.05, 3.63) is 54.4 Å². The van der Waals surface area contributed by atoms with Crippen LogP contribution < -0.4 is 0 Å². The molecule has 0 unspecified atom stereocenters. The number of aromatic nitrogens is 1. The minimum atomic E-state index is 0.104. The molecule has 0 saturated carbocycles. The number of ketones is 1. The molecule has 1 heterocycles. The zero-order valence-electron chi connectivity index (χ0n) is 10.6. The smallest absolute Gasteiger partial charge is 0.177 e. The minimum Gasteiger partial charge on any atom is -0.302 e. The van der Waals surface area contributed by atoms with Crippen molar-refractivity contribution in [2.75, 3.05) is 20.6 Å². The van der Waals surface area contributed by atoms with E-state index in [1.807, 2.05) is 55.4 Å². The number of carbonyl (C=O) groups excluding carboxylic acids is 1. The van der Waals surface area contributed by atoms with E-state index >= 15 is 0 Å². The van der Waals surface area contributed by atoms with Gasteiger partial charge in [-0.2, -0.15) is 0 Å². The van der Waals surface area contributed by atoms with E-state index in [1.165, 1.54) is 0 Å². The fourth-order valence-corrected chi connectivity index (χ4v) is 1.81. The lowest BCUT2D eigenvalue weighted by atomic mass is 9.98. The van der Waals surface area contributed by atoms with E-state index in [0.29, 0.717) is 6.54 Å². The summed E-state index contributed by atoms with van der Waals surface area (Å²) in [6.07, 6.45) is 4.59. The summed E-state index contributed by atoms with van der Waals surface area (Å²) in [5.74, 6) is 0.104. The van der Waals surface area contributed by atoms with Crippen LogP contribution in [0.3, 0.4) is 0 Å². The first kappa shape index (κ1) is 12.5. The molecule has 0 atom stereocenters. The van der Waals surface area contributed by atoms with Gasteiger partial charge in [0.2, 0.25) is 0 Å². The van der Waals surface area contributed by atoms with Crippen LogP contribution in [0.4, 0.5) is 0 Å². The highest BCUT2D eigenvalue weighted by molar-refractivity contribution is 6.03. The predicted octanol–water partition coefficient (Wildman–Crippen LogP) is 2.29. The number of rotatable bonds is 4. The van der Waals surface area contributed by atoms with E-state index in [2.05, 4.69) is 11.2 Å². The van der Waals surface area contributed by atoms with E-state index in [1.54, 1.807) is 6.20 Å². The van der Waals surface area contributed by atoms with Gasteiger partial charge in [-0.3, -0.25) is 9.78 Å². The Bertz CT molecular complexity index is 535. The standard InChI is InChI=1S/C15H15N2O/c1-17(2)11-15(18)14-8-4-3-7-13(14)12-6-5-9-16-10-12/h3-9H,11H2,1-2H3. The van der Waals surface area contributed by atoms with Crippen molar-refractivity contribution in [1.29, 1.82) is 0 Å². The zero-order valence-corrected chi connectivity index (χ0v) is 10.6. The molecule has 1 aromatic heterocycles. The van der Waals surface area contributed by atoms with Gasteiger partial charge in [-0.05, 0) is 25.7 Å². The van der Waals surface area contributed by atoms with Crippen LogP contribution >= 0.6 is 0 Å². The molecule has 91 valence electrons. The number of likely N-dealkylation sites (N-methyl/N-ethyl adjacent to an activating group) is 1. The van der Waals surface area contributed by atoms with E-state index in [-0.39, 0.29) is 5.78 Å². The highest BCUT2D eigenvalue weighted by Crippen LogP contribution is 2.22. The minimum absolute atomic E-state index is 0.104. The quantitative estimate of drug-likeness (QED) is 0.767. The third-order valence-electron chi connectivity index (χ3n) is 2.59. The van der Waals surface area contributed by atoms with Crippen molar-refractivity contribution >= 4 is 5.78 Å². The summed E-state index contributed by atoms with van der Waals surface area (Å²) < 4.78 is 0. The molecule has 0 N–H and O–H groups in total. The number of nitrogens with zero attached hydrogens (tertiary/aromatic N) is 2. The second-order valence-corrected chi connectivity index (χ2v) is 4.37. The molecule has 3 nitrogen and oxygen atoms in total. The molecule has 18 heavy (non-hydrogen) atoms.